The summed E-state index contributed by atoms with van der Waals surface area (Å²) < 4.78 is 0. The molecule has 0 aliphatic rings. The van der Waals surface area contributed by atoms with Gasteiger partial charge in [0.25, 0.3) is 0 Å². The number of unbranched alkanes of at least 4 members (excludes halogenated alkanes) is 4. The van der Waals surface area contributed by atoms with Crippen molar-refractivity contribution in [3.8, 4) is 0 Å². The first-order chi connectivity index (χ1) is 20.6. The molecule has 0 aliphatic heterocycles. The van der Waals surface area contributed by atoms with Crippen molar-refractivity contribution in [2.45, 2.75) is 107 Å². The van der Waals surface area contributed by atoms with Gasteiger partial charge in [0, 0.05) is 5.75 Å². The van der Waals surface area contributed by atoms with Crippen molar-refractivity contribution < 1.29 is 46.9 Å². The van der Waals surface area contributed by atoms with Crippen LogP contribution in [0.2, 0.25) is 0 Å². The van der Waals surface area contributed by atoms with E-state index in [4.69, 9.17) is 11.5 Å². The van der Waals surface area contributed by atoms with Crippen molar-refractivity contribution in [3.05, 3.63) is 0 Å². The molecule has 0 unspecified atom stereocenters. The number of hydrogen-bond acceptors (Lipinski definition) is 7. The lowest BCUT2D eigenvalue weighted by Crippen LogP contribution is -2.59. The molecule has 0 heterocycles. The van der Waals surface area contributed by atoms with E-state index >= 15 is 0 Å². The van der Waals surface area contributed by atoms with Crippen molar-refractivity contribution in [3.63, 3.8) is 0 Å². The van der Waals surface area contributed by atoms with Gasteiger partial charge in [-0.25, -0.2) is 0 Å². The van der Waals surface area contributed by atoms with Gasteiger partial charge in [0.2, 0.25) is 29.5 Å². The summed E-state index contributed by atoms with van der Waals surface area (Å²) in [5.41, 5.74) is 26.6. The predicted octanol–water partition coefficient (Wildman–Crippen LogP) is -5.68. The SMILES string of the molecule is NC(=O)[C@H](CCCC[NH3+])NC(=O)[C@H](CCCC[NH3+])NC(=O)[C@H](CCCC[NH3+])NC(=O)[C@H](CCCC[NH3+])NC(=O)[C@@H](N)CS. The number of quaternary nitrogens is 4. The maximum atomic E-state index is 13.6. The van der Waals surface area contributed by atoms with Crippen molar-refractivity contribution in [2.24, 2.45) is 11.5 Å². The third-order valence-corrected chi connectivity index (χ3v) is 7.46. The van der Waals surface area contributed by atoms with Gasteiger partial charge in [-0.15, -0.1) is 0 Å². The molecule has 0 rings (SSSR count). The molecule has 0 aromatic heterocycles. The molecule has 0 radical (unpaired) electrons. The van der Waals surface area contributed by atoms with Crippen molar-refractivity contribution in [1.82, 2.24) is 21.3 Å². The summed E-state index contributed by atoms with van der Waals surface area (Å²) in [6, 6.07) is -4.56. The summed E-state index contributed by atoms with van der Waals surface area (Å²) in [6.45, 7) is 2.70. The highest BCUT2D eigenvalue weighted by Gasteiger charge is 2.31. The fourth-order valence-corrected chi connectivity index (χ4v) is 4.54. The first-order valence-electron chi connectivity index (χ1n) is 15.6. The smallest absolute Gasteiger partial charge is 0.243 e. The number of nitrogens with two attached hydrogens (primary N) is 2. The molecule has 16 heteroatoms. The van der Waals surface area contributed by atoms with Crippen LogP contribution in [-0.2, 0) is 24.0 Å². The standard InChI is InChI=1S/C27H56N10O5S/c28-13-5-1-9-19(23(33)38)34-25(40)21(11-3-7-15-30)36-27(42)22(12-4-8-16-31)37-26(41)20(10-2-6-14-29)35-24(39)18(32)17-43/h18-22,43H,1-17,28-32H2,(H2,33,38)(H,34,40)(H,35,39)(H,36,42)(H,37,41)/p+4/t18-,19-,20-,21-,22-/m0/s1. The summed E-state index contributed by atoms with van der Waals surface area (Å²) in [6.07, 6.45) is 6.92. The Hall–Kier alpha value is -2.50. The van der Waals surface area contributed by atoms with Crippen LogP contribution in [0.15, 0.2) is 0 Å². The van der Waals surface area contributed by atoms with E-state index in [1.165, 1.54) is 0 Å². The van der Waals surface area contributed by atoms with Gasteiger partial charge in [-0.3, -0.25) is 24.0 Å². The van der Waals surface area contributed by atoms with Crippen molar-refractivity contribution in [1.29, 1.82) is 0 Å². The maximum absolute atomic E-state index is 13.6. The van der Waals surface area contributed by atoms with E-state index < -0.39 is 59.7 Å². The molecule has 20 N–H and O–H groups in total. The van der Waals surface area contributed by atoms with E-state index in [0.29, 0.717) is 77.5 Å². The van der Waals surface area contributed by atoms with Gasteiger partial charge in [0.15, 0.2) is 0 Å². The second kappa shape index (κ2) is 24.9. The minimum atomic E-state index is -0.961. The van der Waals surface area contributed by atoms with Gasteiger partial charge in [-0.05, 0) is 77.0 Å². The van der Waals surface area contributed by atoms with Crippen LogP contribution in [0, 0.1) is 0 Å². The van der Waals surface area contributed by atoms with Gasteiger partial charge in [-0.1, -0.05) is 0 Å². The lowest BCUT2D eigenvalue weighted by atomic mass is 10.0. The third-order valence-electron chi connectivity index (χ3n) is 7.06. The second-order valence-corrected chi connectivity index (χ2v) is 11.2. The molecular formula is C27H60N10O5S+4. The predicted molar refractivity (Wildman–Crippen MR) is 165 cm³/mol. The highest BCUT2D eigenvalue weighted by Crippen LogP contribution is 2.09. The molecule has 250 valence electrons. The van der Waals surface area contributed by atoms with Crippen LogP contribution < -0.4 is 55.7 Å². The Morgan fingerprint density at radius 1 is 0.512 bits per heavy atom. The molecule has 0 saturated carbocycles. The van der Waals surface area contributed by atoms with Gasteiger partial charge >= 0.3 is 0 Å². The maximum Gasteiger partial charge on any atom is 0.243 e. The van der Waals surface area contributed by atoms with Gasteiger partial charge in [0.1, 0.15) is 24.2 Å². The summed E-state index contributed by atoms with van der Waals surface area (Å²) in [5, 5.41) is 10.9. The van der Waals surface area contributed by atoms with Crippen molar-refractivity contribution in [2.75, 3.05) is 31.9 Å². The molecule has 5 amide bonds. The third kappa shape index (κ3) is 18.0. The highest BCUT2D eigenvalue weighted by molar-refractivity contribution is 7.80. The van der Waals surface area contributed by atoms with Crippen LogP contribution in [0.1, 0.15) is 77.0 Å². The van der Waals surface area contributed by atoms with Crippen LogP contribution in [0.4, 0.5) is 0 Å². The molecule has 0 aromatic carbocycles. The summed E-state index contributed by atoms with van der Waals surface area (Å²) in [4.78, 5) is 64.7. The summed E-state index contributed by atoms with van der Waals surface area (Å²) >= 11 is 4.06. The zero-order chi connectivity index (χ0) is 32.6. The lowest BCUT2D eigenvalue weighted by molar-refractivity contribution is -0.369. The number of nitrogens with one attached hydrogen (secondary N) is 4. The Bertz CT molecular complexity index is 838. The fraction of sp³-hybridized carbons (Fsp3) is 0.815. The van der Waals surface area contributed by atoms with Crippen LogP contribution in [0.25, 0.3) is 0 Å². The number of carbonyl (C=O) groups is 5. The molecule has 0 saturated heterocycles. The molecule has 0 bridgehead atoms. The average Bonchev–Trinajstić information content (AvgIpc) is 2.98. The van der Waals surface area contributed by atoms with Crippen LogP contribution in [0.5, 0.6) is 0 Å². The minimum Gasteiger partial charge on any atom is -0.368 e. The van der Waals surface area contributed by atoms with Crippen LogP contribution >= 0.6 is 12.6 Å². The lowest BCUT2D eigenvalue weighted by Gasteiger charge is -2.26. The van der Waals surface area contributed by atoms with E-state index in [9.17, 15) is 24.0 Å². The number of primary amides is 1. The van der Waals surface area contributed by atoms with Gasteiger partial charge in [0.05, 0.1) is 32.2 Å². The minimum absolute atomic E-state index is 0.110. The number of carbonyl (C=O) groups excluding carboxylic acids is 5. The Kier molecular flexibility index (Phi) is 23.4. The Balaban J connectivity index is 5.85. The number of rotatable bonds is 26. The van der Waals surface area contributed by atoms with Crippen molar-refractivity contribution >= 4 is 42.2 Å². The van der Waals surface area contributed by atoms with E-state index in [0.717, 1.165) is 25.7 Å². The topological polar surface area (TPSA) is 296 Å². The normalized spacial score (nSPS) is 14.6. The molecular weight excluding hydrogens is 576 g/mol. The second-order valence-electron chi connectivity index (χ2n) is 10.8. The van der Waals surface area contributed by atoms with E-state index in [2.05, 4.69) is 56.8 Å². The zero-order valence-corrected chi connectivity index (χ0v) is 26.8. The Morgan fingerprint density at radius 2 is 0.791 bits per heavy atom. The van der Waals surface area contributed by atoms with E-state index in [-0.39, 0.29) is 5.75 Å². The van der Waals surface area contributed by atoms with Gasteiger partial charge < -0.3 is 55.7 Å². The van der Waals surface area contributed by atoms with Gasteiger partial charge in [-0.2, -0.15) is 12.6 Å². The first-order valence-corrected chi connectivity index (χ1v) is 16.2. The van der Waals surface area contributed by atoms with Crippen LogP contribution in [0.3, 0.4) is 0 Å². The molecule has 0 aromatic rings. The summed E-state index contributed by atoms with van der Waals surface area (Å²) in [5.74, 6) is -2.62. The van der Waals surface area contributed by atoms with E-state index in [1.54, 1.807) is 0 Å². The first kappa shape index (κ1) is 40.5. The molecule has 0 aliphatic carbocycles. The highest BCUT2D eigenvalue weighted by atomic mass is 32.1. The number of hydrogen-bond donors (Lipinski definition) is 11. The van der Waals surface area contributed by atoms with E-state index in [1.807, 2.05) is 0 Å². The largest absolute Gasteiger partial charge is 0.368 e. The molecule has 43 heavy (non-hydrogen) atoms. The molecule has 0 fully saturated rings. The zero-order valence-electron chi connectivity index (χ0n) is 25.9. The Labute approximate surface area is 260 Å². The quantitative estimate of drug-likeness (QED) is 0.0324. The summed E-state index contributed by atoms with van der Waals surface area (Å²) in [7, 11) is 0. The molecule has 5 atom stereocenters. The monoisotopic (exact) mass is 636 g/mol. The molecule has 0 spiro atoms. The average molecular weight is 637 g/mol. The Morgan fingerprint density at radius 3 is 1.07 bits per heavy atom. The number of amides is 5. The fourth-order valence-electron chi connectivity index (χ4n) is 4.37. The number of thiol groups is 1. The van der Waals surface area contributed by atoms with Crippen LogP contribution in [-0.4, -0.2) is 91.7 Å². The molecule has 15 nitrogen and oxygen atoms in total.